The number of hydrogen-bond acceptors (Lipinski definition) is 6. The molecule has 0 bridgehead atoms. The van der Waals surface area contributed by atoms with Crippen molar-refractivity contribution in [1.29, 1.82) is 0 Å². The van der Waals surface area contributed by atoms with Crippen LogP contribution in [0, 0.1) is 0 Å². The van der Waals surface area contributed by atoms with Gasteiger partial charge in [0.15, 0.2) is 5.82 Å². The molecule has 1 aliphatic rings. The molecular formula is C20H17ClN6. The van der Waals surface area contributed by atoms with Crippen molar-refractivity contribution in [1.82, 2.24) is 20.4 Å². The second-order valence-electron chi connectivity index (χ2n) is 5.98. The molecule has 1 aliphatic heterocycles. The van der Waals surface area contributed by atoms with Crippen molar-refractivity contribution in [3.05, 3.63) is 83.9 Å². The van der Waals surface area contributed by atoms with Gasteiger partial charge in [-0.05, 0) is 55.5 Å². The van der Waals surface area contributed by atoms with Gasteiger partial charge >= 0.3 is 0 Å². The van der Waals surface area contributed by atoms with Crippen LogP contribution in [0.2, 0.25) is 5.02 Å². The van der Waals surface area contributed by atoms with Crippen molar-refractivity contribution in [3.8, 4) is 11.3 Å². The number of allylic oxidation sites excluding steroid dienone is 3. The van der Waals surface area contributed by atoms with Crippen molar-refractivity contribution in [3.63, 3.8) is 0 Å². The molecule has 0 atom stereocenters. The molecule has 0 amide bonds. The summed E-state index contributed by atoms with van der Waals surface area (Å²) in [5.41, 5.74) is 6.86. The maximum atomic E-state index is 6.03. The molecule has 0 aliphatic carbocycles. The van der Waals surface area contributed by atoms with Gasteiger partial charge in [0.05, 0.1) is 5.69 Å². The van der Waals surface area contributed by atoms with Crippen LogP contribution < -0.4 is 15.8 Å². The Morgan fingerprint density at radius 1 is 1.07 bits per heavy atom. The first-order chi connectivity index (χ1) is 13.2. The van der Waals surface area contributed by atoms with Crippen molar-refractivity contribution >= 4 is 29.1 Å². The Hall–Kier alpha value is -3.38. The van der Waals surface area contributed by atoms with E-state index in [9.17, 15) is 0 Å². The van der Waals surface area contributed by atoms with Crippen LogP contribution in [-0.4, -0.2) is 15.0 Å². The molecule has 2 N–H and O–H groups in total. The summed E-state index contributed by atoms with van der Waals surface area (Å²) in [6.07, 6.45) is 9.38. The highest BCUT2D eigenvalue weighted by Crippen LogP contribution is 2.24. The number of rotatable bonds is 4. The summed E-state index contributed by atoms with van der Waals surface area (Å²) in [4.78, 5) is 13.3. The van der Waals surface area contributed by atoms with Crippen LogP contribution in [0.3, 0.4) is 0 Å². The summed E-state index contributed by atoms with van der Waals surface area (Å²) in [6, 6.07) is 13.2. The van der Waals surface area contributed by atoms with Crippen molar-refractivity contribution < 1.29 is 0 Å². The molecule has 3 heterocycles. The molecule has 134 valence electrons. The standard InChI is InChI=1S/C20H17ClN6/c1-14-4-3-11-27(26-14)19-12-15(7-9-22-19)18-8-10-23-20(25-18)24-17-6-2-5-16(21)13-17/h2-13,26H,1H3,(H,23,24,25). The third-order valence-electron chi connectivity index (χ3n) is 3.90. The molecule has 0 radical (unpaired) electrons. The molecule has 2 aromatic heterocycles. The fourth-order valence-electron chi connectivity index (χ4n) is 2.66. The first-order valence-electron chi connectivity index (χ1n) is 8.40. The van der Waals surface area contributed by atoms with Gasteiger partial charge in [-0.15, -0.1) is 0 Å². The van der Waals surface area contributed by atoms with E-state index in [0.29, 0.717) is 11.0 Å². The second kappa shape index (κ2) is 7.47. The zero-order valence-corrected chi connectivity index (χ0v) is 15.4. The highest BCUT2D eigenvalue weighted by atomic mass is 35.5. The number of pyridine rings is 1. The molecule has 27 heavy (non-hydrogen) atoms. The van der Waals surface area contributed by atoms with Crippen molar-refractivity contribution in [2.75, 3.05) is 10.3 Å². The lowest BCUT2D eigenvalue weighted by atomic mass is 10.2. The lowest BCUT2D eigenvalue weighted by molar-refractivity contribution is 0.795. The topological polar surface area (TPSA) is 66.0 Å². The maximum absolute atomic E-state index is 6.03. The zero-order chi connectivity index (χ0) is 18.6. The summed E-state index contributed by atoms with van der Waals surface area (Å²) in [5, 5.41) is 5.70. The first kappa shape index (κ1) is 17.1. The Balaban J connectivity index is 1.59. The Bertz CT molecular complexity index is 1030. The van der Waals surface area contributed by atoms with Gasteiger partial charge in [0.2, 0.25) is 5.95 Å². The molecule has 7 heteroatoms. The van der Waals surface area contributed by atoms with Gasteiger partial charge in [0, 0.05) is 40.6 Å². The van der Waals surface area contributed by atoms with E-state index in [4.69, 9.17) is 11.6 Å². The highest BCUT2D eigenvalue weighted by Gasteiger charge is 2.10. The minimum Gasteiger partial charge on any atom is -0.324 e. The van der Waals surface area contributed by atoms with Gasteiger partial charge in [-0.1, -0.05) is 17.7 Å². The van der Waals surface area contributed by atoms with Gasteiger partial charge < -0.3 is 5.32 Å². The van der Waals surface area contributed by atoms with Gasteiger partial charge in [-0.3, -0.25) is 5.43 Å². The largest absolute Gasteiger partial charge is 0.324 e. The van der Waals surface area contributed by atoms with Crippen LogP contribution in [0.15, 0.2) is 78.9 Å². The Labute approximate surface area is 162 Å². The maximum Gasteiger partial charge on any atom is 0.227 e. The van der Waals surface area contributed by atoms with Crippen LogP contribution in [0.25, 0.3) is 11.3 Å². The SMILES string of the molecule is CC1=CC=CN(c2cc(-c3ccnc(Nc4cccc(Cl)c4)n3)ccn2)N1. The molecule has 3 aromatic rings. The van der Waals surface area contributed by atoms with Crippen LogP contribution in [0.4, 0.5) is 17.5 Å². The van der Waals surface area contributed by atoms with E-state index in [2.05, 4.69) is 25.7 Å². The smallest absolute Gasteiger partial charge is 0.227 e. The lowest BCUT2D eigenvalue weighted by Gasteiger charge is -2.24. The van der Waals surface area contributed by atoms with Crippen LogP contribution in [-0.2, 0) is 0 Å². The number of anilines is 3. The quantitative estimate of drug-likeness (QED) is 0.689. The fourth-order valence-corrected chi connectivity index (χ4v) is 2.85. The Morgan fingerprint density at radius 3 is 2.81 bits per heavy atom. The van der Waals surface area contributed by atoms with E-state index < -0.39 is 0 Å². The molecule has 0 saturated heterocycles. The Kier molecular flexibility index (Phi) is 4.72. The number of halogens is 1. The van der Waals surface area contributed by atoms with Crippen LogP contribution >= 0.6 is 11.6 Å². The minimum atomic E-state index is 0.503. The number of hydrazine groups is 1. The van der Waals surface area contributed by atoms with E-state index >= 15 is 0 Å². The fraction of sp³-hybridized carbons (Fsp3) is 0.0500. The third kappa shape index (κ3) is 4.07. The van der Waals surface area contributed by atoms with Gasteiger partial charge in [-0.2, -0.15) is 0 Å². The molecule has 6 nitrogen and oxygen atoms in total. The van der Waals surface area contributed by atoms with E-state index in [-0.39, 0.29) is 0 Å². The number of hydrogen-bond donors (Lipinski definition) is 2. The van der Waals surface area contributed by atoms with E-state index in [1.54, 1.807) is 12.4 Å². The zero-order valence-electron chi connectivity index (χ0n) is 14.6. The highest BCUT2D eigenvalue weighted by molar-refractivity contribution is 6.30. The van der Waals surface area contributed by atoms with Crippen LogP contribution in [0.1, 0.15) is 6.92 Å². The second-order valence-corrected chi connectivity index (χ2v) is 6.41. The molecular weight excluding hydrogens is 360 g/mol. The van der Waals surface area contributed by atoms with Gasteiger partial charge in [-0.25, -0.2) is 20.0 Å². The van der Waals surface area contributed by atoms with E-state index in [0.717, 1.165) is 28.5 Å². The molecule has 0 saturated carbocycles. The third-order valence-corrected chi connectivity index (χ3v) is 4.14. The normalized spacial score (nSPS) is 13.1. The molecule has 1 aromatic carbocycles. The average Bonchev–Trinajstić information content (AvgIpc) is 2.68. The molecule has 4 rings (SSSR count). The van der Waals surface area contributed by atoms with Crippen LogP contribution in [0.5, 0.6) is 0 Å². The predicted octanol–water partition coefficient (Wildman–Crippen LogP) is 4.68. The summed E-state index contributed by atoms with van der Waals surface area (Å²) in [7, 11) is 0. The van der Waals surface area contributed by atoms with Crippen molar-refractivity contribution in [2.24, 2.45) is 0 Å². The molecule has 0 fully saturated rings. The van der Waals surface area contributed by atoms with Gasteiger partial charge in [0.1, 0.15) is 0 Å². The number of nitrogens with zero attached hydrogens (tertiary/aromatic N) is 4. The average molecular weight is 377 g/mol. The van der Waals surface area contributed by atoms with Crippen molar-refractivity contribution in [2.45, 2.75) is 6.92 Å². The lowest BCUT2D eigenvalue weighted by Crippen LogP contribution is -2.34. The number of aromatic nitrogens is 3. The first-order valence-corrected chi connectivity index (χ1v) is 8.78. The number of benzene rings is 1. The summed E-state index contributed by atoms with van der Waals surface area (Å²) >= 11 is 6.03. The monoisotopic (exact) mass is 376 g/mol. The molecule has 0 unspecified atom stereocenters. The predicted molar refractivity (Wildman–Crippen MR) is 109 cm³/mol. The minimum absolute atomic E-state index is 0.503. The van der Waals surface area contributed by atoms with E-state index in [1.807, 2.05) is 72.7 Å². The van der Waals surface area contributed by atoms with E-state index in [1.165, 1.54) is 0 Å². The summed E-state index contributed by atoms with van der Waals surface area (Å²) in [5.74, 6) is 1.28. The molecule has 0 spiro atoms. The number of nitrogens with one attached hydrogen (secondary N) is 2. The summed E-state index contributed by atoms with van der Waals surface area (Å²) < 4.78 is 0. The van der Waals surface area contributed by atoms with Gasteiger partial charge in [0.25, 0.3) is 0 Å². The summed E-state index contributed by atoms with van der Waals surface area (Å²) in [6.45, 7) is 2.00. The Morgan fingerprint density at radius 2 is 1.96 bits per heavy atom.